The van der Waals surface area contributed by atoms with Crippen LogP contribution in [0.2, 0.25) is 0 Å². The van der Waals surface area contributed by atoms with Gasteiger partial charge in [-0.1, -0.05) is 6.07 Å². The minimum Gasteiger partial charge on any atom is -0.309 e. The average molecular weight is 263 g/mol. The number of hydrogen-bond acceptors (Lipinski definition) is 3. The Morgan fingerprint density at radius 1 is 1.29 bits per heavy atom. The lowest BCUT2D eigenvalue weighted by Gasteiger charge is -2.13. The maximum absolute atomic E-state index is 13.2. The van der Waals surface area contributed by atoms with Crippen molar-refractivity contribution in [3.05, 3.63) is 35.4 Å². The van der Waals surface area contributed by atoms with E-state index in [4.69, 9.17) is 0 Å². The minimum atomic E-state index is -3.10. The van der Waals surface area contributed by atoms with Gasteiger partial charge in [0.2, 0.25) is 0 Å². The largest absolute Gasteiger partial charge is 0.309 e. The molecule has 0 aromatic heterocycles. The summed E-state index contributed by atoms with van der Waals surface area (Å²) in [6, 6.07) is 3.26. The highest BCUT2D eigenvalue weighted by Gasteiger charge is 2.12. The Balaban J connectivity index is 2.62. The topological polar surface area (TPSA) is 46.2 Å². The predicted molar refractivity (Wildman–Crippen MR) is 62.4 cm³/mol. The Morgan fingerprint density at radius 3 is 2.29 bits per heavy atom. The van der Waals surface area contributed by atoms with Gasteiger partial charge in [0, 0.05) is 24.4 Å². The predicted octanol–water partition coefficient (Wildman–Crippen LogP) is 1.49. The summed E-state index contributed by atoms with van der Waals surface area (Å²) in [6.07, 6.45) is 1.12. The zero-order valence-corrected chi connectivity index (χ0v) is 10.5. The molecule has 1 unspecified atom stereocenters. The summed E-state index contributed by atoms with van der Waals surface area (Å²) in [5, 5.41) is 2.78. The van der Waals surface area contributed by atoms with E-state index in [2.05, 4.69) is 5.32 Å². The van der Waals surface area contributed by atoms with Crippen molar-refractivity contribution >= 4 is 9.84 Å². The van der Waals surface area contributed by atoms with Crippen LogP contribution in [0.1, 0.15) is 12.5 Å². The standard InChI is InChI=1S/C11H15F2NO2S/c1-8(7-17(2,15)16)14-6-9-10(12)4-3-5-11(9)13/h3-5,8,14H,6-7H2,1-2H3. The summed E-state index contributed by atoms with van der Waals surface area (Å²) in [4.78, 5) is 0. The van der Waals surface area contributed by atoms with Crippen molar-refractivity contribution < 1.29 is 17.2 Å². The molecule has 0 amide bonds. The van der Waals surface area contributed by atoms with Crippen molar-refractivity contribution in [3.8, 4) is 0 Å². The third kappa shape index (κ3) is 4.79. The second-order valence-electron chi connectivity index (χ2n) is 4.07. The van der Waals surface area contributed by atoms with E-state index in [1.165, 1.54) is 18.2 Å². The number of benzene rings is 1. The Morgan fingerprint density at radius 2 is 1.82 bits per heavy atom. The summed E-state index contributed by atoms with van der Waals surface area (Å²) >= 11 is 0. The van der Waals surface area contributed by atoms with Crippen LogP contribution in [0.4, 0.5) is 8.78 Å². The molecule has 1 aromatic rings. The molecule has 0 aliphatic rings. The molecule has 0 spiro atoms. The molecule has 1 N–H and O–H groups in total. The number of halogens is 2. The molecule has 1 atom stereocenters. The van der Waals surface area contributed by atoms with Crippen molar-refractivity contribution in [3.63, 3.8) is 0 Å². The summed E-state index contributed by atoms with van der Waals surface area (Å²) < 4.78 is 48.5. The van der Waals surface area contributed by atoms with Crippen molar-refractivity contribution in [1.82, 2.24) is 5.32 Å². The van der Waals surface area contributed by atoms with E-state index in [1.54, 1.807) is 6.92 Å². The Kier molecular flexibility index (Phi) is 4.59. The first-order valence-electron chi connectivity index (χ1n) is 5.13. The molecule has 3 nitrogen and oxygen atoms in total. The molecule has 0 saturated carbocycles. The number of sulfone groups is 1. The van der Waals surface area contributed by atoms with E-state index in [1.807, 2.05) is 0 Å². The van der Waals surface area contributed by atoms with Crippen molar-refractivity contribution in [2.75, 3.05) is 12.0 Å². The fourth-order valence-electron chi connectivity index (χ4n) is 1.49. The van der Waals surface area contributed by atoms with Gasteiger partial charge in [-0.3, -0.25) is 0 Å². The summed E-state index contributed by atoms with van der Waals surface area (Å²) in [5.41, 5.74) is -0.0761. The van der Waals surface area contributed by atoms with Crippen LogP contribution in [-0.4, -0.2) is 26.5 Å². The Labute approximate surface area is 99.8 Å². The van der Waals surface area contributed by atoms with Crippen molar-refractivity contribution in [2.45, 2.75) is 19.5 Å². The van der Waals surface area contributed by atoms with Crippen LogP contribution < -0.4 is 5.32 Å². The molecule has 1 rings (SSSR count). The van der Waals surface area contributed by atoms with Crippen LogP contribution >= 0.6 is 0 Å². The smallest absolute Gasteiger partial charge is 0.148 e. The molecule has 17 heavy (non-hydrogen) atoms. The second kappa shape index (κ2) is 5.55. The average Bonchev–Trinajstić information content (AvgIpc) is 2.14. The first kappa shape index (κ1) is 14.1. The zero-order chi connectivity index (χ0) is 13.1. The molecule has 1 aromatic carbocycles. The monoisotopic (exact) mass is 263 g/mol. The van der Waals surface area contributed by atoms with Gasteiger partial charge in [-0.15, -0.1) is 0 Å². The van der Waals surface area contributed by atoms with E-state index >= 15 is 0 Å². The number of nitrogens with one attached hydrogen (secondary N) is 1. The lowest BCUT2D eigenvalue weighted by atomic mass is 10.2. The van der Waals surface area contributed by atoms with Gasteiger partial charge in [-0.05, 0) is 19.1 Å². The Bertz CT molecular complexity index is 468. The van der Waals surface area contributed by atoms with E-state index < -0.39 is 21.5 Å². The molecule has 0 radical (unpaired) electrons. The van der Waals surface area contributed by atoms with Crippen LogP contribution in [0.25, 0.3) is 0 Å². The first-order valence-corrected chi connectivity index (χ1v) is 7.19. The minimum absolute atomic E-state index is 0.0325. The van der Waals surface area contributed by atoms with Gasteiger partial charge in [0.25, 0.3) is 0 Å². The quantitative estimate of drug-likeness (QED) is 0.875. The van der Waals surface area contributed by atoms with Gasteiger partial charge in [-0.2, -0.15) is 0 Å². The van der Waals surface area contributed by atoms with Crippen LogP contribution in [0.3, 0.4) is 0 Å². The van der Waals surface area contributed by atoms with E-state index in [0.29, 0.717) is 0 Å². The van der Waals surface area contributed by atoms with Crippen LogP contribution in [0, 0.1) is 11.6 Å². The molecule has 0 saturated heterocycles. The van der Waals surface area contributed by atoms with E-state index in [0.717, 1.165) is 6.26 Å². The SMILES string of the molecule is CC(CS(C)(=O)=O)NCc1c(F)cccc1F. The molecule has 96 valence electrons. The van der Waals surface area contributed by atoms with Gasteiger partial charge < -0.3 is 5.32 Å². The van der Waals surface area contributed by atoms with Crippen LogP contribution in [0.5, 0.6) is 0 Å². The maximum atomic E-state index is 13.2. The van der Waals surface area contributed by atoms with Gasteiger partial charge >= 0.3 is 0 Å². The van der Waals surface area contributed by atoms with Gasteiger partial charge in [0.05, 0.1) is 5.75 Å². The lowest BCUT2D eigenvalue weighted by Crippen LogP contribution is -2.32. The molecule has 0 heterocycles. The molecule has 0 bridgehead atoms. The molecule has 0 aliphatic heterocycles. The summed E-state index contributed by atoms with van der Waals surface area (Å²) in [6.45, 7) is 1.62. The number of hydrogen-bond donors (Lipinski definition) is 1. The fraction of sp³-hybridized carbons (Fsp3) is 0.455. The summed E-state index contributed by atoms with van der Waals surface area (Å²) in [7, 11) is -3.10. The highest BCUT2D eigenvalue weighted by Crippen LogP contribution is 2.11. The van der Waals surface area contributed by atoms with Crippen molar-refractivity contribution in [1.29, 1.82) is 0 Å². The summed E-state index contributed by atoms with van der Waals surface area (Å²) in [5.74, 6) is -1.34. The van der Waals surface area contributed by atoms with E-state index in [-0.39, 0.29) is 23.9 Å². The maximum Gasteiger partial charge on any atom is 0.148 e. The normalized spacial score (nSPS) is 13.6. The van der Waals surface area contributed by atoms with Gasteiger partial charge in [-0.25, -0.2) is 17.2 Å². The zero-order valence-electron chi connectivity index (χ0n) is 9.70. The lowest BCUT2D eigenvalue weighted by molar-refractivity contribution is 0.512. The van der Waals surface area contributed by atoms with Gasteiger partial charge in [0.1, 0.15) is 21.5 Å². The van der Waals surface area contributed by atoms with E-state index in [9.17, 15) is 17.2 Å². The molecule has 0 fully saturated rings. The highest BCUT2D eigenvalue weighted by molar-refractivity contribution is 7.90. The molecule has 6 heteroatoms. The highest BCUT2D eigenvalue weighted by atomic mass is 32.2. The number of rotatable bonds is 5. The Hall–Kier alpha value is -1.01. The molecule has 0 aliphatic carbocycles. The van der Waals surface area contributed by atoms with Crippen LogP contribution in [-0.2, 0) is 16.4 Å². The first-order chi connectivity index (χ1) is 7.79. The van der Waals surface area contributed by atoms with Gasteiger partial charge in [0.15, 0.2) is 0 Å². The third-order valence-corrected chi connectivity index (χ3v) is 3.35. The molecular formula is C11H15F2NO2S. The van der Waals surface area contributed by atoms with Crippen molar-refractivity contribution in [2.24, 2.45) is 0 Å². The van der Waals surface area contributed by atoms with Crippen LogP contribution in [0.15, 0.2) is 18.2 Å². The third-order valence-electron chi connectivity index (χ3n) is 2.24. The molecular weight excluding hydrogens is 248 g/mol. The second-order valence-corrected chi connectivity index (χ2v) is 6.26. The fourth-order valence-corrected chi connectivity index (χ4v) is 2.52.